The van der Waals surface area contributed by atoms with Crippen molar-refractivity contribution in [3.8, 4) is 0 Å². The lowest BCUT2D eigenvalue weighted by atomic mass is 10.2. The van der Waals surface area contributed by atoms with Crippen molar-refractivity contribution >= 4 is 34.9 Å². The predicted molar refractivity (Wildman–Crippen MR) is 118 cm³/mol. The Kier molecular flexibility index (Phi) is 5.83. The van der Waals surface area contributed by atoms with Crippen LogP contribution in [-0.4, -0.2) is 49.7 Å². The van der Waals surface area contributed by atoms with Gasteiger partial charge in [0.05, 0.1) is 12.2 Å². The predicted octanol–water partition coefficient (Wildman–Crippen LogP) is 0.497. The Morgan fingerprint density at radius 1 is 1.06 bits per heavy atom. The molecule has 1 saturated heterocycles. The van der Waals surface area contributed by atoms with Crippen molar-refractivity contribution in [3.05, 3.63) is 59.7 Å². The van der Waals surface area contributed by atoms with Crippen LogP contribution in [0.4, 0.5) is 11.4 Å². The SMILES string of the molecule is Cc1ccc(N2NC(C(=O)NCc3ccc(N4CCNC(=O)C4)cc3)=NCC2=O)cc1. The average Bonchev–Trinajstić information content (AvgIpc) is 2.79. The summed E-state index contributed by atoms with van der Waals surface area (Å²) in [6.45, 7) is 3.93. The van der Waals surface area contributed by atoms with E-state index in [0.29, 0.717) is 25.3 Å². The van der Waals surface area contributed by atoms with Gasteiger partial charge in [-0.25, -0.2) is 5.01 Å². The second-order valence-corrected chi connectivity index (χ2v) is 7.46. The lowest BCUT2D eigenvalue weighted by Gasteiger charge is -2.28. The topological polar surface area (TPSA) is 106 Å². The number of piperazine rings is 1. The minimum Gasteiger partial charge on any atom is -0.360 e. The molecule has 9 heteroatoms. The van der Waals surface area contributed by atoms with Crippen LogP contribution in [0.2, 0.25) is 0 Å². The van der Waals surface area contributed by atoms with E-state index in [-0.39, 0.29) is 30.1 Å². The Hall–Kier alpha value is -3.88. The van der Waals surface area contributed by atoms with Crippen molar-refractivity contribution in [1.82, 2.24) is 16.1 Å². The molecular weight excluding hydrogens is 396 g/mol. The highest BCUT2D eigenvalue weighted by Gasteiger charge is 2.25. The van der Waals surface area contributed by atoms with Gasteiger partial charge >= 0.3 is 0 Å². The third kappa shape index (κ3) is 4.82. The van der Waals surface area contributed by atoms with E-state index in [0.717, 1.165) is 23.4 Å². The molecule has 0 bridgehead atoms. The normalized spacial score (nSPS) is 16.4. The summed E-state index contributed by atoms with van der Waals surface area (Å²) in [5.41, 5.74) is 6.42. The summed E-state index contributed by atoms with van der Waals surface area (Å²) < 4.78 is 0. The van der Waals surface area contributed by atoms with Gasteiger partial charge in [-0.2, -0.15) is 0 Å². The molecule has 9 nitrogen and oxygen atoms in total. The Balaban J connectivity index is 1.34. The standard InChI is InChI=1S/C22H24N6O3/c1-15-2-6-18(7-3-15)28-20(30)13-24-21(26-28)22(31)25-12-16-4-8-17(9-5-16)27-11-10-23-19(29)14-27/h2-9H,10-14H2,1H3,(H,23,29)(H,24,26)(H,25,31). The number of nitrogens with one attached hydrogen (secondary N) is 3. The smallest absolute Gasteiger partial charge is 0.288 e. The molecule has 0 spiro atoms. The van der Waals surface area contributed by atoms with Crippen molar-refractivity contribution < 1.29 is 14.4 Å². The molecule has 31 heavy (non-hydrogen) atoms. The van der Waals surface area contributed by atoms with Gasteiger partial charge in [0.1, 0.15) is 6.54 Å². The zero-order chi connectivity index (χ0) is 21.8. The highest BCUT2D eigenvalue weighted by molar-refractivity contribution is 6.39. The Bertz CT molecular complexity index is 1020. The minimum absolute atomic E-state index is 0.0153. The number of hydrazine groups is 1. The zero-order valence-corrected chi connectivity index (χ0v) is 17.2. The van der Waals surface area contributed by atoms with E-state index in [4.69, 9.17) is 0 Å². The lowest BCUT2D eigenvalue weighted by Crippen LogP contribution is -2.55. The van der Waals surface area contributed by atoms with E-state index < -0.39 is 0 Å². The maximum atomic E-state index is 12.6. The molecule has 1 fully saturated rings. The molecule has 2 aromatic rings. The summed E-state index contributed by atoms with van der Waals surface area (Å²) >= 11 is 0. The number of carbonyl (C=O) groups is 3. The molecule has 160 valence electrons. The number of benzene rings is 2. The van der Waals surface area contributed by atoms with E-state index in [2.05, 4.69) is 21.1 Å². The summed E-state index contributed by atoms with van der Waals surface area (Å²) in [4.78, 5) is 42.4. The number of aliphatic imine (C=N–C) groups is 1. The van der Waals surface area contributed by atoms with Gasteiger partial charge in [0.25, 0.3) is 11.8 Å². The van der Waals surface area contributed by atoms with Crippen LogP contribution in [0, 0.1) is 6.92 Å². The number of aryl methyl sites for hydroxylation is 1. The molecule has 2 aliphatic rings. The number of anilines is 2. The second kappa shape index (κ2) is 8.86. The summed E-state index contributed by atoms with van der Waals surface area (Å²) in [6, 6.07) is 15.1. The fourth-order valence-electron chi connectivity index (χ4n) is 3.40. The van der Waals surface area contributed by atoms with Gasteiger partial charge in [-0.15, -0.1) is 0 Å². The minimum atomic E-state index is -0.388. The molecule has 3 N–H and O–H groups in total. The third-order valence-electron chi connectivity index (χ3n) is 5.14. The molecule has 0 radical (unpaired) electrons. The quantitative estimate of drug-likeness (QED) is 0.653. The zero-order valence-electron chi connectivity index (χ0n) is 17.2. The van der Waals surface area contributed by atoms with E-state index in [9.17, 15) is 14.4 Å². The van der Waals surface area contributed by atoms with Crippen LogP contribution in [0.25, 0.3) is 0 Å². The number of hydrogen-bond donors (Lipinski definition) is 3. The maximum Gasteiger partial charge on any atom is 0.288 e. The van der Waals surface area contributed by atoms with Crippen LogP contribution in [0.5, 0.6) is 0 Å². The number of nitrogens with zero attached hydrogens (tertiary/aromatic N) is 3. The van der Waals surface area contributed by atoms with Crippen LogP contribution in [0.3, 0.4) is 0 Å². The van der Waals surface area contributed by atoms with Crippen molar-refractivity contribution in [2.24, 2.45) is 4.99 Å². The van der Waals surface area contributed by atoms with Crippen molar-refractivity contribution in [2.75, 3.05) is 36.1 Å². The maximum absolute atomic E-state index is 12.6. The van der Waals surface area contributed by atoms with Gasteiger partial charge in [0.2, 0.25) is 11.7 Å². The van der Waals surface area contributed by atoms with Crippen LogP contribution in [-0.2, 0) is 20.9 Å². The first kappa shape index (κ1) is 20.4. The third-order valence-corrected chi connectivity index (χ3v) is 5.14. The summed E-state index contributed by atoms with van der Waals surface area (Å²) in [7, 11) is 0. The van der Waals surface area contributed by atoms with Crippen LogP contribution < -0.4 is 26.0 Å². The first-order valence-corrected chi connectivity index (χ1v) is 10.1. The Labute approximate surface area is 180 Å². The Morgan fingerprint density at radius 3 is 2.48 bits per heavy atom. The highest BCUT2D eigenvalue weighted by Crippen LogP contribution is 2.17. The lowest BCUT2D eigenvalue weighted by molar-refractivity contribution is -0.120. The van der Waals surface area contributed by atoms with Crippen molar-refractivity contribution in [3.63, 3.8) is 0 Å². The molecule has 0 aromatic heterocycles. The fourth-order valence-corrected chi connectivity index (χ4v) is 3.40. The molecule has 4 rings (SSSR count). The first-order chi connectivity index (χ1) is 15.0. The summed E-state index contributed by atoms with van der Waals surface area (Å²) in [5.74, 6) is -0.513. The van der Waals surface area contributed by atoms with Crippen LogP contribution >= 0.6 is 0 Å². The van der Waals surface area contributed by atoms with E-state index in [1.54, 1.807) is 0 Å². The van der Waals surface area contributed by atoms with Gasteiger partial charge in [-0.3, -0.25) is 24.8 Å². The van der Waals surface area contributed by atoms with Gasteiger partial charge in [-0.1, -0.05) is 29.8 Å². The molecule has 2 heterocycles. The average molecular weight is 420 g/mol. The van der Waals surface area contributed by atoms with E-state index in [1.807, 2.05) is 60.4 Å². The molecule has 0 saturated carbocycles. The highest BCUT2D eigenvalue weighted by atomic mass is 16.2. The number of rotatable bonds is 5. The molecular formula is C22H24N6O3. The molecule has 0 atom stereocenters. The van der Waals surface area contributed by atoms with Crippen LogP contribution in [0.15, 0.2) is 53.5 Å². The van der Waals surface area contributed by atoms with Crippen molar-refractivity contribution in [1.29, 1.82) is 0 Å². The fraction of sp³-hybridized carbons (Fsp3) is 0.273. The number of carbonyl (C=O) groups excluding carboxylic acids is 3. The first-order valence-electron chi connectivity index (χ1n) is 10.1. The van der Waals surface area contributed by atoms with Gasteiger partial charge < -0.3 is 15.5 Å². The van der Waals surface area contributed by atoms with Gasteiger partial charge in [-0.05, 0) is 36.8 Å². The monoisotopic (exact) mass is 420 g/mol. The van der Waals surface area contributed by atoms with E-state index >= 15 is 0 Å². The molecule has 2 aromatic carbocycles. The molecule has 3 amide bonds. The molecule has 0 unspecified atom stereocenters. The second-order valence-electron chi connectivity index (χ2n) is 7.46. The number of amidine groups is 1. The summed E-state index contributed by atoms with van der Waals surface area (Å²) in [6.07, 6.45) is 0. The summed E-state index contributed by atoms with van der Waals surface area (Å²) in [5, 5.41) is 6.97. The molecule has 0 aliphatic carbocycles. The molecule has 2 aliphatic heterocycles. The van der Waals surface area contributed by atoms with Crippen molar-refractivity contribution in [2.45, 2.75) is 13.5 Å². The van der Waals surface area contributed by atoms with Gasteiger partial charge in [0, 0.05) is 25.3 Å². The number of hydrogen-bond acceptors (Lipinski definition) is 6. The largest absolute Gasteiger partial charge is 0.360 e. The Morgan fingerprint density at radius 2 is 1.77 bits per heavy atom. The van der Waals surface area contributed by atoms with E-state index in [1.165, 1.54) is 5.01 Å². The van der Waals surface area contributed by atoms with Crippen LogP contribution in [0.1, 0.15) is 11.1 Å². The van der Waals surface area contributed by atoms with Gasteiger partial charge in [0.15, 0.2) is 0 Å². The number of amides is 3.